The van der Waals surface area contributed by atoms with Gasteiger partial charge in [-0.25, -0.2) is 4.39 Å². The number of halogens is 1. The van der Waals surface area contributed by atoms with Crippen molar-refractivity contribution >= 4 is 11.8 Å². The highest BCUT2D eigenvalue weighted by molar-refractivity contribution is 5.87. The molecule has 4 nitrogen and oxygen atoms in total. The molecule has 1 saturated carbocycles. The van der Waals surface area contributed by atoms with Crippen molar-refractivity contribution in [1.29, 1.82) is 0 Å². The number of nitrogens with zero attached hydrogens (tertiary/aromatic N) is 2. The van der Waals surface area contributed by atoms with Crippen molar-refractivity contribution in [3.63, 3.8) is 0 Å². The molecule has 24 heavy (non-hydrogen) atoms. The number of hydrogen-bond acceptors (Lipinski definition) is 2. The van der Waals surface area contributed by atoms with E-state index < -0.39 is 68.0 Å². The van der Waals surface area contributed by atoms with E-state index in [1.165, 1.54) is 23.1 Å². The summed E-state index contributed by atoms with van der Waals surface area (Å²) in [6, 6.07) is 3.07. The highest BCUT2D eigenvalue weighted by atomic mass is 19.1. The molecular formula is C19H23FN2O2. The van der Waals surface area contributed by atoms with Gasteiger partial charge in [-0.15, -0.1) is 0 Å². The molecule has 0 aromatic heterocycles. The highest BCUT2D eigenvalue weighted by Crippen LogP contribution is 2.35. The number of hydrogen-bond donors (Lipinski definition) is 0. The molecule has 4 rings (SSSR count). The summed E-state index contributed by atoms with van der Waals surface area (Å²) in [7, 11) is 0. The minimum atomic E-state index is -3.85. The Kier molecular flexibility index (Phi) is 1.94. The van der Waals surface area contributed by atoms with Gasteiger partial charge in [-0.2, -0.15) is 0 Å². The summed E-state index contributed by atoms with van der Waals surface area (Å²) in [5.41, 5.74) is 1.09. The SMILES string of the molecule is [2H]C1([2H])C([2H])([2H])C([2H])([2H])C([2H])(C(=O)N2CC(=O)N3CCc4ccc(F)cc4C3C2)C([2H])([2H])C1([2H])[2H]. The second-order valence-electron chi connectivity index (χ2n) is 5.88. The molecular weight excluding hydrogens is 307 g/mol. The first-order valence-electron chi connectivity index (χ1n) is 13.1. The van der Waals surface area contributed by atoms with Crippen LogP contribution in [0, 0.1) is 11.7 Å². The van der Waals surface area contributed by atoms with Crippen molar-refractivity contribution in [2.75, 3.05) is 19.6 Å². The number of benzene rings is 1. The molecule has 3 aliphatic rings. The number of fused-ring (bicyclic) bond motifs is 3. The van der Waals surface area contributed by atoms with Crippen molar-refractivity contribution in [2.24, 2.45) is 5.89 Å². The van der Waals surface area contributed by atoms with E-state index in [0.29, 0.717) is 22.4 Å². The van der Waals surface area contributed by atoms with Gasteiger partial charge in [0.2, 0.25) is 11.8 Å². The molecule has 2 aliphatic heterocycles. The van der Waals surface area contributed by atoms with Crippen LogP contribution >= 0.6 is 0 Å². The first kappa shape index (κ1) is 7.54. The maximum Gasteiger partial charge on any atom is 0.242 e. The van der Waals surface area contributed by atoms with Crippen molar-refractivity contribution in [2.45, 2.75) is 44.3 Å². The molecule has 1 aromatic carbocycles. The maximum absolute atomic E-state index is 14.0. The van der Waals surface area contributed by atoms with Gasteiger partial charge >= 0.3 is 0 Å². The lowest BCUT2D eigenvalue weighted by Gasteiger charge is -2.45. The Hall–Kier alpha value is -1.91. The van der Waals surface area contributed by atoms with Crippen molar-refractivity contribution in [1.82, 2.24) is 9.80 Å². The summed E-state index contributed by atoms with van der Waals surface area (Å²) in [6.07, 6.45) is -18.7. The summed E-state index contributed by atoms with van der Waals surface area (Å²) in [5, 5.41) is 0. The van der Waals surface area contributed by atoms with Gasteiger partial charge in [0, 0.05) is 34.1 Å². The van der Waals surface area contributed by atoms with Gasteiger partial charge in [-0.1, -0.05) is 25.2 Å². The summed E-state index contributed by atoms with van der Waals surface area (Å²) >= 11 is 0. The van der Waals surface area contributed by atoms with Gasteiger partial charge in [0.15, 0.2) is 0 Å². The predicted octanol–water partition coefficient (Wildman–Crippen LogP) is 2.67. The topological polar surface area (TPSA) is 40.6 Å². The quantitative estimate of drug-likeness (QED) is 0.788. The minimum absolute atomic E-state index is 0.253. The van der Waals surface area contributed by atoms with Crippen LogP contribution in [0.25, 0.3) is 0 Å². The molecule has 0 N–H and O–H groups in total. The monoisotopic (exact) mass is 341 g/mol. The van der Waals surface area contributed by atoms with Crippen LogP contribution in [0.3, 0.4) is 0 Å². The lowest BCUT2D eigenvalue weighted by atomic mass is 9.86. The van der Waals surface area contributed by atoms with Crippen molar-refractivity contribution in [3.05, 3.63) is 35.1 Å². The Labute approximate surface area is 157 Å². The molecule has 5 heteroatoms. The van der Waals surface area contributed by atoms with Gasteiger partial charge < -0.3 is 9.80 Å². The molecule has 1 saturated heterocycles. The first-order valence-corrected chi connectivity index (χ1v) is 7.64. The molecule has 1 aromatic rings. The van der Waals surface area contributed by atoms with Gasteiger partial charge in [0.1, 0.15) is 5.82 Å². The lowest BCUT2D eigenvalue weighted by Crippen LogP contribution is -2.56. The number of carbonyl (C=O) groups excluding carboxylic acids is 2. The van der Waals surface area contributed by atoms with Gasteiger partial charge in [0.25, 0.3) is 0 Å². The Morgan fingerprint density at radius 2 is 2.08 bits per heavy atom. The molecule has 0 spiro atoms. The smallest absolute Gasteiger partial charge is 0.242 e. The van der Waals surface area contributed by atoms with Crippen LogP contribution in [0.2, 0.25) is 0 Å². The molecule has 2 heterocycles. The fraction of sp³-hybridized carbons (Fsp3) is 0.579. The van der Waals surface area contributed by atoms with Crippen LogP contribution in [0.5, 0.6) is 0 Å². The number of carbonyl (C=O) groups is 2. The molecule has 1 atom stereocenters. The van der Waals surface area contributed by atoms with E-state index in [4.69, 9.17) is 15.1 Å². The number of amides is 2. The Balaban J connectivity index is 1.82. The normalized spacial score (nSPS) is 43.1. The van der Waals surface area contributed by atoms with E-state index in [1.807, 2.05) is 0 Å². The van der Waals surface area contributed by atoms with Gasteiger partial charge in [0.05, 0.1) is 12.6 Å². The summed E-state index contributed by atoms with van der Waals surface area (Å²) in [6.45, 7) is -0.832. The molecule has 0 bridgehead atoms. The van der Waals surface area contributed by atoms with Crippen molar-refractivity contribution < 1.29 is 29.1 Å². The average Bonchev–Trinajstić information content (AvgIpc) is 2.76. The molecule has 0 radical (unpaired) electrons. The van der Waals surface area contributed by atoms with Crippen LogP contribution in [0.1, 0.15) is 64.1 Å². The number of piperazine rings is 1. The summed E-state index contributed by atoms with van der Waals surface area (Å²) in [4.78, 5) is 28.6. The fourth-order valence-corrected chi connectivity index (χ4v) is 3.36. The van der Waals surface area contributed by atoms with E-state index in [9.17, 15) is 14.0 Å². The van der Waals surface area contributed by atoms with Gasteiger partial charge in [-0.3, -0.25) is 9.59 Å². The van der Waals surface area contributed by atoms with Crippen molar-refractivity contribution in [3.8, 4) is 0 Å². The third-order valence-corrected chi connectivity index (χ3v) is 4.51. The second kappa shape index (κ2) is 6.19. The zero-order valence-corrected chi connectivity index (χ0v) is 12.7. The van der Waals surface area contributed by atoms with E-state index in [2.05, 4.69) is 0 Å². The number of rotatable bonds is 1. The fourth-order valence-electron chi connectivity index (χ4n) is 3.36. The van der Waals surface area contributed by atoms with Crippen LogP contribution in [0.4, 0.5) is 4.39 Å². The second-order valence-corrected chi connectivity index (χ2v) is 5.88. The molecule has 2 amide bonds. The average molecular weight is 341 g/mol. The van der Waals surface area contributed by atoms with E-state index in [1.54, 1.807) is 0 Å². The predicted molar refractivity (Wildman–Crippen MR) is 87.7 cm³/mol. The molecule has 1 unspecified atom stereocenters. The Morgan fingerprint density at radius 1 is 1.29 bits per heavy atom. The largest absolute Gasteiger partial charge is 0.332 e. The zero-order chi connectivity index (χ0) is 26.6. The van der Waals surface area contributed by atoms with Crippen LogP contribution in [-0.4, -0.2) is 41.2 Å². The Bertz CT molecular complexity index is 1080. The van der Waals surface area contributed by atoms with E-state index in [0.717, 1.165) is 0 Å². The Morgan fingerprint density at radius 3 is 2.88 bits per heavy atom. The third kappa shape index (κ3) is 2.70. The van der Waals surface area contributed by atoms with E-state index in [-0.39, 0.29) is 13.1 Å². The molecule has 1 aliphatic carbocycles. The van der Waals surface area contributed by atoms with Gasteiger partial charge in [-0.05, 0) is 42.4 Å². The highest BCUT2D eigenvalue weighted by Gasteiger charge is 2.40. The minimum Gasteiger partial charge on any atom is -0.332 e. The summed E-state index contributed by atoms with van der Waals surface area (Å²) in [5.74, 6) is -6.72. The van der Waals surface area contributed by atoms with Crippen LogP contribution in [0.15, 0.2) is 18.2 Å². The van der Waals surface area contributed by atoms with Crippen LogP contribution < -0.4 is 0 Å². The first-order chi connectivity index (χ1) is 15.8. The zero-order valence-electron chi connectivity index (χ0n) is 23.7. The standard InChI is InChI=1S/C19H23FN2O2/c20-15-7-6-13-8-9-22-17(16(13)10-15)11-21(12-18(22)23)19(24)14-4-2-1-3-5-14/h6-7,10,14,17H,1-5,8-9,11-12H2/i1D2,2D2,3D2,4D2,5D2,14D. The lowest BCUT2D eigenvalue weighted by molar-refractivity contribution is -0.152. The van der Waals surface area contributed by atoms with E-state index >= 15 is 0 Å². The maximum atomic E-state index is 14.0. The summed E-state index contributed by atoms with van der Waals surface area (Å²) < 4.78 is 104. The molecule has 2 fully saturated rings. The van der Waals surface area contributed by atoms with Crippen LogP contribution in [-0.2, 0) is 16.0 Å². The third-order valence-electron chi connectivity index (χ3n) is 4.51. The molecule has 128 valence electrons.